The Morgan fingerprint density at radius 2 is 0.549 bits per heavy atom. The SMILES string of the molecule is FOC(F)(F)C(F)(F)OC12C(F)(F)C3(F)C(F)(F)C(OC(F)(F)C(F)(F)OF)(C1(F)F)C(F)(F)C(OC(F)(F)C(F)(F)N(F)F)(C3(F)F)C2(F)F. The minimum Gasteiger partial charge on any atom is -0.288 e. The highest BCUT2D eigenvalue weighted by Gasteiger charge is 3.24. The van der Waals surface area contributed by atoms with E-state index in [2.05, 4.69) is 0 Å². The monoisotopic (exact) mass is 837 g/mol. The number of alkyl halides is 25. The largest absolute Gasteiger partial charge is 0.478 e. The summed E-state index contributed by atoms with van der Waals surface area (Å²) in [6, 6.07) is -8.31. The zero-order chi connectivity index (χ0) is 41.1. The van der Waals surface area contributed by atoms with Crippen molar-refractivity contribution in [3.63, 3.8) is 0 Å². The summed E-state index contributed by atoms with van der Waals surface area (Å²) in [5, 5.41) is -4.57. The second-order valence-corrected chi connectivity index (χ2v) is 9.97. The second kappa shape index (κ2) is 10.1. The molecule has 6 nitrogen and oxygen atoms in total. The molecule has 4 aliphatic carbocycles. The van der Waals surface area contributed by atoms with Crippen LogP contribution < -0.4 is 0 Å². The second-order valence-electron chi connectivity index (χ2n) is 9.97. The van der Waals surface area contributed by atoms with Gasteiger partial charge in [0, 0.05) is 0 Å². The molecule has 35 heteroatoms. The quantitative estimate of drug-likeness (QED) is 0.112. The molecule has 4 fully saturated rings. The van der Waals surface area contributed by atoms with Gasteiger partial charge in [0.1, 0.15) is 5.34 Å². The van der Waals surface area contributed by atoms with Crippen LogP contribution in [0, 0.1) is 0 Å². The van der Waals surface area contributed by atoms with Gasteiger partial charge >= 0.3 is 77.8 Å². The Kier molecular flexibility index (Phi) is 8.52. The normalized spacial score (nSPS) is 35.4. The van der Waals surface area contributed by atoms with Gasteiger partial charge in [0.15, 0.2) is 0 Å². The number of hydrogen-bond acceptors (Lipinski definition) is 6. The van der Waals surface area contributed by atoms with Crippen LogP contribution in [0.2, 0.25) is 0 Å². The van der Waals surface area contributed by atoms with E-state index in [0.29, 0.717) is 0 Å². The minimum atomic E-state index is -9.67. The number of nitrogens with zero attached hydrogens (tertiary/aromatic N) is 1. The molecule has 0 aromatic heterocycles. The van der Waals surface area contributed by atoms with Crippen molar-refractivity contribution in [1.82, 2.24) is 5.34 Å². The van der Waals surface area contributed by atoms with Crippen LogP contribution in [0.5, 0.6) is 0 Å². The summed E-state index contributed by atoms with van der Waals surface area (Å²) in [6.45, 7) is 0. The van der Waals surface area contributed by atoms with Gasteiger partial charge in [0.05, 0.1) is 0 Å². The van der Waals surface area contributed by atoms with E-state index in [9.17, 15) is 70.7 Å². The summed E-state index contributed by atoms with van der Waals surface area (Å²) in [5.74, 6) is -57.3. The van der Waals surface area contributed by atoms with Crippen LogP contribution in [0.15, 0.2) is 0 Å². The molecule has 2 atom stereocenters. The molecule has 51 heavy (non-hydrogen) atoms. The first-order chi connectivity index (χ1) is 21.9. The van der Waals surface area contributed by atoms with Crippen LogP contribution in [-0.2, 0) is 24.1 Å². The predicted molar refractivity (Wildman–Crippen MR) is 83.1 cm³/mol. The maximum Gasteiger partial charge on any atom is 0.478 e. The maximum absolute atomic E-state index is 15.8. The van der Waals surface area contributed by atoms with Crippen molar-refractivity contribution in [3.8, 4) is 0 Å². The lowest BCUT2D eigenvalue weighted by Gasteiger charge is -2.77. The summed E-state index contributed by atoms with van der Waals surface area (Å²) >= 11 is 0. The highest BCUT2D eigenvalue weighted by atomic mass is 19.4. The molecule has 0 radical (unpaired) electrons. The van der Waals surface area contributed by atoms with E-state index in [1.807, 2.05) is 0 Å². The molecular formula is C16F29NO5. The molecule has 4 rings (SSSR count). The first-order valence-electron chi connectivity index (χ1n) is 11.0. The van der Waals surface area contributed by atoms with E-state index in [0.717, 1.165) is 9.88 Å². The Morgan fingerprint density at radius 1 is 0.333 bits per heavy atom. The van der Waals surface area contributed by atoms with Gasteiger partial charge in [-0.15, -0.1) is 9.88 Å². The van der Waals surface area contributed by atoms with Gasteiger partial charge in [0.25, 0.3) is 16.8 Å². The standard InChI is InChI=1S/C16F29NO5/c17-1-5(18,19)2(47-12(32,33)11(30,31)46(42)43)8(24,25)3(6(1,20)21,48-13(34,35)15(38,39)50-44)10(28,29)4(7(1,22)23,9(2,26)27)49-14(36,37)16(40,41)51-45. The van der Waals surface area contributed by atoms with E-state index in [4.69, 9.17) is 0 Å². The first kappa shape index (κ1) is 43.1. The lowest BCUT2D eigenvalue weighted by atomic mass is 9.38. The molecule has 4 bridgehead atoms. The molecular weight excluding hydrogens is 837 g/mol. The van der Waals surface area contributed by atoms with Crippen molar-refractivity contribution < 1.29 is 152 Å². The third-order valence-corrected chi connectivity index (χ3v) is 7.56. The highest BCUT2D eigenvalue weighted by Crippen LogP contribution is 2.89. The lowest BCUT2D eigenvalue weighted by molar-refractivity contribution is -0.680. The van der Waals surface area contributed by atoms with E-state index >= 15 is 57.1 Å². The molecule has 0 aromatic carbocycles. The summed E-state index contributed by atoms with van der Waals surface area (Å²) < 4.78 is 420. The van der Waals surface area contributed by atoms with E-state index in [-0.39, 0.29) is 0 Å². The van der Waals surface area contributed by atoms with Crippen molar-refractivity contribution in [1.29, 1.82) is 0 Å². The highest BCUT2D eigenvalue weighted by molar-refractivity contribution is 5.55. The predicted octanol–water partition coefficient (Wildman–Crippen LogP) is 8.24. The Bertz CT molecular complexity index is 1340. The number of halogens is 29. The summed E-state index contributed by atoms with van der Waals surface area (Å²) in [4.78, 5) is 1.76. The van der Waals surface area contributed by atoms with Gasteiger partial charge in [-0.1, -0.05) is 8.96 Å². The number of rotatable bonds is 12. The average Bonchev–Trinajstić information content (AvgIpc) is 2.93. The Balaban J connectivity index is 2.87. The molecule has 0 spiro atoms. The topological polar surface area (TPSA) is 49.4 Å². The lowest BCUT2D eigenvalue weighted by Crippen LogP contribution is -3.12. The van der Waals surface area contributed by atoms with Crippen LogP contribution in [0.25, 0.3) is 0 Å². The molecule has 0 amide bonds. The van der Waals surface area contributed by atoms with Crippen molar-refractivity contribution in [2.75, 3.05) is 0 Å². The van der Waals surface area contributed by atoms with Crippen molar-refractivity contribution in [2.24, 2.45) is 0 Å². The van der Waals surface area contributed by atoms with Crippen LogP contribution in [-0.4, -0.2) is 99.9 Å². The van der Waals surface area contributed by atoms with Gasteiger partial charge in [-0.2, -0.15) is 105 Å². The molecule has 4 aliphatic rings. The van der Waals surface area contributed by atoms with Gasteiger partial charge in [-0.05, 0) is 9.05 Å². The fourth-order valence-corrected chi connectivity index (χ4v) is 5.36. The van der Waals surface area contributed by atoms with Gasteiger partial charge in [-0.25, -0.2) is 4.39 Å². The summed E-state index contributed by atoms with van der Waals surface area (Å²) in [6.07, 6.45) is -42.0. The van der Waals surface area contributed by atoms with Crippen molar-refractivity contribution >= 4 is 0 Å². The smallest absolute Gasteiger partial charge is 0.288 e. The summed E-state index contributed by atoms with van der Waals surface area (Å²) in [7, 11) is 0. The average molecular weight is 837 g/mol. The molecule has 0 heterocycles. The fourth-order valence-electron chi connectivity index (χ4n) is 5.36. The molecule has 0 N–H and O–H groups in total. The molecule has 0 aromatic rings. The Labute approximate surface area is 253 Å². The third kappa shape index (κ3) is 3.77. The zero-order valence-corrected chi connectivity index (χ0v) is 21.4. The Morgan fingerprint density at radius 3 is 0.745 bits per heavy atom. The van der Waals surface area contributed by atoms with Gasteiger partial charge in [-0.3, -0.25) is 14.2 Å². The third-order valence-electron chi connectivity index (χ3n) is 7.56. The van der Waals surface area contributed by atoms with E-state index in [1.165, 1.54) is 14.2 Å². The number of hydrogen-bond donors (Lipinski definition) is 0. The first-order valence-corrected chi connectivity index (χ1v) is 11.0. The van der Waals surface area contributed by atoms with Crippen molar-refractivity contribution in [2.45, 2.75) is 94.6 Å². The van der Waals surface area contributed by atoms with E-state index in [1.54, 1.807) is 0 Å². The molecule has 0 saturated heterocycles. The van der Waals surface area contributed by atoms with Gasteiger partial charge in [0.2, 0.25) is 0 Å². The fraction of sp³-hybridized carbons (Fsp3) is 1.00. The minimum absolute atomic E-state index is 0.881. The van der Waals surface area contributed by atoms with Crippen LogP contribution in [0.4, 0.5) is 128 Å². The van der Waals surface area contributed by atoms with Crippen LogP contribution >= 0.6 is 0 Å². The molecule has 2 unspecified atom stereocenters. The van der Waals surface area contributed by atoms with Gasteiger partial charge < -0.3 is 0 Å². The zero-order valence-electron chi connectivity index (χ0n) is 21.4. The summed E-state index contributed by atoms with van der Waals surface area (Å²) in [5.41, 5.74) is -37.9. The number of ether oxygens (including phenoxy) is 3. The van der Waals surface area contributed by atoms with E-state index < -0.39 is 99.9 Å². The molecule has 4 saturated carbocycles. The van der Waals surface area contributed by atoms with Crippen LogP contribution in [0.1, 0.15) is 0 Å². The maximum atomic E-state index is 15.8. The molecule has 302 valence electrons. The van der Waals surface area contributed by atoms with Crippen LogP contribution in [0.3, 0.4) is 0 Å². The van der Waals surface area contributed by atoms with Crippen molar-refractivity contribution in [3.05, 3.63) is 0 Å². The Hall–Kier alpha value is -2.27. The molecule has 0 aliphatic heterocycles.